The topological polar surface area (TPSA) is 12.0 Å². The fourth-order valence-corrected chi connectivity index (χ4v) is 3.19. The van der Waals surface area contributed by atoms with E-state index in [0.717, 1.165) is 11.8 Å². The molecule has 1 saturated heterocycles. The monoisotopic (exact) mass is 195 g/mol. The van der Waals surface area contributed by atoms with Crippen molar-refractivity contribution in [3.8, 4) is 0 Å². The summed E-state index contributed by atoms with van der Waals surface area (Å²) in [4.78, 5) is 0. The molecule has 82 valence electrons. The summed E-state index contributed by atoms with van der Waals surface area (Å²) in [6, 6.07) is 0. The highest BCUT2D eigenvalue weighted by molar-refractivity contribution is 4.73. The van der Waals surface area contributed by atoms with Crippen LogP contribution in [0.3, 0.4) is 0 Å². The zero-order valence-electron chi connectivity index (χ0n) is 9.43. The molecule has 1 N–H and O–H groups in total. The van der Waals surface area contributed by atoms with Gasteiger partial charge in [0.25, 0.3) is 0 Å². The second-order valence-electron chi connectivity index (χ2n) is 5.31. The Balaban J connectivity index is 1.71. The molecule has 0 amide bonds. The second kappa shape index (κ2) is 5.75. The average molecular weight is 195 g/mol. The van der Waals surface area contributed by atoms with Gasteiger partial charge in [0.15, 0.2) is 0 Å². The Morgan fingerprint density at radius 3 is 2.36 bits per heavy atom. The number of rotatable bonds is 2. The first kappa shape index (κ1) is 10.5. The van der Waals surface area contributed by atoms with Crippen LogP contribution < -0.4 is 5.32 Å². The Morgan fingerprint density at radius 2 is 1.50 bits per heavy atom. The molecule has 1 atom stereocenters. The zero-order chi connectivity index (χ0) is 9.64. The Kier molecular flexibility index (Phi) is 4.30. The molecule has 14 heavy (non-hydrogen) atoms. The second-order valence-corrected chi connectivity index (χ2v) is 5.31. The van der Waals surface area contributed by atoms with Gasteiger partial charge in [-0.1, -0.05) is 38.5 Å². The number of hydrogen-bond donors (Lipinski definition) is 1. The van der Waals surface area contributed by atoms with Gasteiger partial charge in [0, 0.05) is 0 Å². The van der Waals surface area contributed by atoms with Gasteiger partial charge in [-0.2, -0.15) is 0 Å². The normalized spacial score (nSPS) is 31.3. The van der Waals surface area contributed by atoms with E-state index in [0.29, 0.717) is 0 Å². The Labute approximate surface area is 88.7 Å². The van der Waals surface area contributed by atoms with Gasteiger partial charge in [-0.3, -0.25) is 0 Å². The van der Waals surface area contributed by atoms with E-state index in [1.807, 2.05) is 0 Å². The van der Waals surface area contributed by atoms with E-state index >= 15 is 0 Å². The SMILES string of the molecule is C1CCC(CC2CCCCNC2)CC1. The smallest absolute Gasteiger partial charge is 0.00204 e. The minimum Gasteiger partial charge on any atom is -0.316 e. The molecule has 0 aromatic rings. The molecule has 0 bridgehead atoms. The lowest BCUT2D eigenvalue weighted by molar-refractivity contribution is 0.278. The molecule has 2 aliphatic rings. The van der Waals surface area contributed by atoms with Crippen molar-refractivity contribution in [2.24, 2.45) is 11.8 Å². The van der Waals surface area contributed by atoms with Crippen molar-refractivity contribution < 1.29 is 0 Å². The molecule has 1 heteroatoms. The van der Waals surface area contributed by atoms with Gasteiger partial charge in [0.05, 0.1) is 0 Å². The van der Waals surface area contributed by atoms with Crippen molar-refractivity contribution in [2.45, 2.75) is 57.8 Å². The molecular formula is C13H25N. The van der Waals surface area contributed by atoms with Gasteiger partial charge in [-0.05, 0) is 44.2 Å². The Bertz CT molecular complexity index is 141. The van der Waals surface area contributed by atoms with Crippen LogP contribution in [0.2, 0.25) is 0 Å². The van der Waals surface area contributed by atoms with Gasteiger partial charge in [-0.15, -0.1) is 0 Å². The molecule has 0 radical (unpaired) electrons. The van der Waals surface area contributed by atoms with E-state index in [9.17, 15) is 0 Å². The summed E-state index contributed by atoms with van der Waals surface area (Å²) in [7, 11) is 0. The fraction of sp³-hybridized carbons (Fsp3) is 1.00. The maximum absolute atomic E-state index is 3.59. The van der Waals surface area contributed by atoms with Crippen molar-refractivity contribution in [3.05, 3.63) is 0 Å². The summed E-state index contributed by atoms with van der Waals surface area (Å²) < 4.78 is 0. The number of nitrogens with one attached hydrogen (secondary N) is 1. The summed E-state index contributed by atoms with van der Waals surface area (Å²) in [5.74, 6) is 2.08. The standard InChI is InChI=1S/C13H25N/c1-2-6-12(7-3-1)10-13-8-4-5-9-14-11-13/h12-14H,1-11H2. The molecule has 1 heterocycles. The van der Waals surface area contributed by atoms with E-state index in [-0.39, 0.29) is 0 Å². The average Bonchev–Trinajstić information content (AvgIpc) is 2.48. The number of hydrogen-bond acceptors (Lipinski definition) is 1. The maximum Gasteiger partial charge on any atom is -0.00204 e. The van der Waals surface area contributed by atoms with Crippen LogP contribution in [0.25, 0.3) is 0 Å². The first-order valence-electron chi connectivity index (χ1n) is 6.66. The van der Waals surface area contributed by atoms with Crippen molar-refractivity contribution >= 4 is 0 Å². The van der Waals surface area contributed by atoms with Crippen LogP contribution in [-0.4, -0.2) is 13.1 Å². The highest BCUT2D eigenvalue weighted by Gasteiger charge is 2.19. The van der Waals surface area contributed by atoms with E-state index in [1.165, 1.54) is 70.9 Å². The van der Waals surface area contributed by atoms with Gasteiger partial charge < -0.3 is 5.32 Å². The van der Waals surface area contributed by atoms with Crippen LogP contribution in [0.5, 0.6) is 0 Å². The van der Waals surface area contributed by atoms with Crippen LogP contribution in [0, 0.1) is 11.8 Å². The third-order valence-electron chi connectivity index (χ3n) is 4.04. The maximum atomic E-state index is 3.59. The summed E-state index contributed by atoms with van der Waals surface area (Å²) in [5.41, 5.74) is 0. The van der Waals surface area contributed by atoms with Crippen molar-refractivity contribution in [3.63, 3.8) is 0 Å². The molecule has 0 aromatic carbocycles. The zero-order valence-corrected chi connectivity index (χ0v) is 9.43. The first-order valence-corrected chi connectivity index (χ1v) is 6.66. The molecular weight excluding hydrogens is 170 g/mol. The molecule has 1 aliphatic heterocycles. The summed E-state index contributed by atoms with van der Waals surface area (Å²) >= 11 is 0. The molecule has 2 fully saturated rings. The van der Waals surface area contributed by atoms with Gasteiger partial charge in [-0.25, -0.2) is 0 Å². The molecule has 1 nitrogen and oxygen atoms in total. The van der Waals surface area contributed by atoms with E-state index in [2.05, 4.69) is 5.32 Å². The molecule has 2 rings (SSSR count). The van der Waals surface area contributed by atoms with Gasteiger partial charge >= 0.3 is 0 Å². The van der Waals surface area contributed by atoms with E-state index in [4.69, 9.17) is 0 Å². The Hall–Kier alpha value is -0.0400. The first-order chi connectivity index (χ1) is 6.95. The van der Waals surface area contributed by atoms with E-state index < -0.39 is 0 Å². The molecule has 1 saturated carbocycles. The van der Waals surface area contributed by atoms with Crippen LogP contribution in [-0.2, 0) is 0 Å². The molecule has 1 aliphatic carbocycles. The molecule has 0 aromatic heterocycles. The van der Waals surface area contributed by atoms with Crippen LogP contribution in [0.1, 0.15) is 57.8 Å². The van der Waals surface area contributed by atoms with Crippen LogP contribution in [0.15, 0.2) is 0 Å². The minimum atomic E-state index is 1.00. The molecule has 1 unspecified atom stereocenters. The Morgan fingerprint density at radius 1 is 0.786 bits per heavy atom. The summed E-state index contributed by atoms with van der Waals surface area (Å²) in [5, 5.41) is 3.59. The van der Waals surface area contributed by atoms with Crippen molar-refractivity contribution in [1.82, 2.24) is 5.32 Å². The lowest BCUT2D eigenvalue weighted by atomic mass is 9.81. The van der Waals surface area contributed by atoms with Gasteiger partial charge in [0.1, 0.15) is 0 Å². The predicted octanol–water partition coefficient (Wildman–Crippen LogP) is 3.35. The third kappa shape index (κ3) is 3.27. The third-order valence-corrected chi connectivity index (χ3v) is 4.04. The quantitative estimate of drug-likeness (QED) is 0.712. The van der Waals surface area contributed by atoms with Crippen LogP contribution >= 0.6 is 0 Å². The van der Waals surface area contributed by atoms with E-state index in [1.54, 1.807) is 0 Å². The van der Waals surface area contributed by atoms with Crippen LogP contribution in [0.4, 0.5) is 0 Å². The fourth-order valence-electron chi connectivity index (χ4n) is 3.19. The lowest BCUT2D eigenvalue weighted by Gasteiger charge is -2.25. The predicted molar refractivity (Wildman–Crippen MR) is 61.4 cm³/mol. The highest BCUT2D eigenvalue weighted by atomic mass is 14.9. The summed E-state index contributed by atoms with van der Waals surface area (Å²) in [6.45, 7) is 2.57. The highest BCUT2D eigenvalue weighted by Crippen LogP contribution is 2.30. The van der Waals surface area contributed by atoms with Gasteiger partial charge in [0.2, 0.25) is 0 Å². The lowest BCUT2D eigenvalue weighted by Crippen LogP contribution is -2.23. The largest absolute Gasteiger partial charge is 0.316 e. The summed E-state index contributed by atoms with van der Waals surface area (Å²) in [6.07, 6.45) is 13.4. The minimum absolute atomic E-state index is 1.00. The van der Waals surface area contributed by atoms with Crippen molar-refractivity contribution in [2.75, 3.05) is 13.1 Å². The van der Waals surface area contributed by atoms with Crippen molar-refractivity contribution in [1.29, 1.82) is 0 Å². The molecule has 0 spiro atoms.